The first-order chi connectivity index (χ1) is 14.0. The number of piperidine rings is 1. The highest BCUT2D eigenvalue weighted by Crippen LogP contribution is 2.30. The van der Waals surface area contributed by atoms with Crippen LogP contribution in [0.15, 0.2) is 70.6 Å². The van der Waals surface area contributed by atoms with Gasteiger partial charge in [-0.3, -0.25) is 4.90 Å². The predicted molar refractivity (Wildman–Crippen MR) is 115 cm³/mol. The normalized spacial score (nSPS) is 16.2. The van der Waals surface area contributed by atoms with Crippen LogP contribution in [-0.2, 0) is 16.4 Å². The Morgan fingerprint density at radius 3 is 2.38 bits per heavy atom. The van der Waals surface area contributed by atoms with Crippen LogP contribution in [-0.4, -0.2) is 52.9 Å². The number of aromatic nitrogens is 3. The highest BCUT2D eigenvalue weighted by atomic mass is 32.2. The second-order valence-electron chi connectivity index (χ2n) is 7.33. The topological polar surface area (TPSA) is 68.1 Å². The largest absolute Gasteiger partial charge is 0.297 e. The zero-order valence-corrected chi connectivity index (χ0v) is 17.9. The Balaban J connectivity index is 1.32. The van der Waals surface area contributed by atoms with Crippen LogP contribution in [0, 0.1) is 0 Å². The SMILES string of the molecule is CS(=O)(=O)c1ccc(-n2cc(CN3CCC(Sc4ccccc4)CC3)nn2)cc1. The van der Waals surface area contributed by atoms with E-state index in [0.717, 1.165) is 31.0 Å². The minimum Gasteiger partial charge on any atom is -0.297 e. The Bertz CT molecular complexity index is 1040. The van der Waals surface area contributed by atoms with Gasteiger partial charge in [-0.1, -0.05) is 23.4 Å². The van der Waals surface area contributed by atoms with E-state index in [2.05, 4.69) is 45.5 Å². The number of hydrogen-bond donors (Lipinski definition) is 0. The molecule has 0 atom stereocenters. The summed E-state index contributed by atoms with van der Waals surface area (Å²) in [6.07, 6.45) is 5.46. The van der Waals surface area contributed by atoms with Gasteiger partial charge in [-0.05, 0) is 62.3 Å². The molecule has 4 rings (SSSR count). The molecule has 1 aliphatic heterocycles. The molecule has 8 heteroatoms. The predicted octanol–water partition coefficient (Wildman–Crippen LogP) is 3.43. The highest BCUT2D eigenvalue weighted by Gasteiger charge is 2.21. The second kappa shape index (κ2) is 8.69. The second-order valence-corrected chi connectivity index (χ2v) is 10.7. The maximum atomic E-state index is 11.6. The summed E-state index contributed by atoms with van der Waals surface area (Å²) in [6.45, 7) is 2.89. The van der Waals surface area contributed by atoms with Crippen molar-refractivity contribution in [1.29, 1.82) is 0 Å². The van der Waals surface area contributed by atoms with Gasteiger partial charge >= 0.3 is 0 Å². The van der Waals surface area contributed by atoms with Crippen molar-refractivity contribution in [2.75, 3.05) is 19.3 Å². The van der Waals surface area contributed by atoms with Crippen LogP contribution < -0.4 is 0 Å². The van der Waals surface area contributed by atoms with E-state index in [0.29, 0.717) is 10.1 Å². The summed E-state index contributed by atoms with van der Waals surface area (Å²) in [5.74, 6) is 0. The molecule has 0 unspecified atom stereocenters. The van der Waals surface area contributed by atoms with Gasteiger partial charge in [0.25, 0.3) is 0 Å². The van der Waals surface area contributed by atoms with Gasteiger partial charge in [-0.2, -0.15) is 0 Å². The molecule has 152 valence electrons. The third kappa shape index (κ3) is 5.26. The van der Waals surface area contributed by atoms with Crippen LogP contribution >= 0.6 is 11.8 Å². The van der Waals surface area contributed by atoms with Crippen molar-refractivity contribution >= 4 is 21.6 Å². The number of rotatable bonds is 6. The first-order valence-corrected chi connectivity index (χ1v) is 12.4. The minimum absolute atomic E-state index is 0.304. The quantitative estimate of drug-likeness (QED) is 0.599. The molecule has 0 aliphatic carbocycles. The smallest absolute Gasteiger partial charge is 0.175 e. The molecule has 6 nitrogen and oxygen atoms in total. The van der Waals surface area contributed by atoms with Gasteiger partial charge in [0.05, 0.1) is 22.5 Å². The maximum Gasteiger partial charge on any atom is 0.175 e. The van der Waals surface area contributed by atoms with Gasteiger partial charge in [-0.15, -0.1) is 16.9 Å². The molecule has 0 N–H and O–H groups in total. The molecule has 0 radical (unpaired) electrons. The number of thioether (sulfide) groups is 1. The van der Waals surface area contributed by atoms with Crippen molar-refractivity contribution in [3.05, 3.63) is 66.5 Å². The van der Waals surface area contributed by atoms with Crippen LogP contribution in [0.2, 0.25) is 0 Å². The fourth-order valence-electron chi connectivity index (χ4n) is 3.45. The number of nitrogens with zero attached hydrogens (tertiary/aromatic N) is 4. The average Bonchev–Trinajstić information content (AvgIpc) is 3.18. The standard InChI is InChI=1S/C21H24N4O2S2/c1-29(26,27)21-9-7-18(8-10-21)25-16-17(22-23-25)15-24-13-11-20(12-14-24)28-19-5-3-2-4-6-19/h2-10,16,20H,11-15H2,1H3. The first kappa shape index (κ1) is 20.1. The fraction of sp³-hybridized carbons (Fsp3) is 0.333. The summed E-state index contributed by atoms with van der Waals surface area (Å²) in [5.41, 5.74) is 1.72. The van der Waals surface area contributed by atoms with Gasteiger partial charge < -0.3 is 0 Å². The van der Waals surface area contributed by atoms with Crippen LogP contribution in [0.4, 0.5) is 0 Å². The zero-order chi connectivity index (χ0) is 20.3. The number of sulfone groups is 1. The molecule has 29 heavy (non-hydrogen) atoms. The molecule has 0 amide bonds. The molecular weight excluding hydrogens is 404 g/mol. The number of likely N-dealkylation sites (tertiary alicyclic amines) is 1. The molecule has 0 spiro atoms. The fourth-order valence-corrected chi connectivity index (χ4v) is 5.23. The summed E-state index contributed by atoms with van der Waals surface area (Å²) in [5, 5.41) is 9.16. The Kier molecular flexibility index (Phi) is 6.03. The Morgan fingerprint density at radius 2 is 1.72 bits per heavy atom. The summed E-state index contributed by atoms with van der Waals surface area (Å²) >= 11 is 1.98. The number of hydrogen-bond acceptors (Lipinski definition) is 6. The van der Waals surface area contributed by atoms with Crippen LogP contribution in [0.3, 0.4) is 0 Å². The van der Waals surface area contributed by atoms with Crippen LogP contribution in [0.1, 0.15) is 18.5 Å². The third-order valence-electron chi connectivity index (χ3n) is 5.04. The first-order valence-electron chi connectivity index (χ1n) is 9.63. The lowest BCUT2D eigenvalue weighted by molar-refractivity contribution is 0.222. The number of benzene rings is 2. The third-order valence-corrected chi connectivity index (χ3v) is 7.51. The molecule has 0 saturated carbocycles. The van der Waals surface area contributed by atoms with Crippen molar-refractivity contribution in [2.45, 2.75) is 34.4 Å². The average molecular weight is 429 g/mol. The molecule has 2 heterocycles. The van der Waals surface area contributed by atoms with E-state index in [-0.39, 0.29) is 0 Å². The van der Waals surface area contributed by atoms with Gasteiger partial charge in [-0.25, -0.2) is 13.1 Å². The van der Waals surface area contributed by atoms with E-state index in [4.69, 9.17) is 0 Å². The highest BCUT2D eigenvalue weighted by molar-refractivity contribution is 8.00. The van der Waals surface area contributed by atoms with Crippen molar-refractivity contribution in [1.82, 2.24) is 19.9 Å². The minimum atomic E-state index is -3.19. The van der Waals surface area contributed by atoms with Gasteiger partial charge in [0.15, 0.2) is 9.84 Å². The maximum absolute atomic E-state index is 11.6. The lowest BCUT2D eigenvalue weighted by Gasteiger charge is -2.30. The Hall–Kier alpha value is -2.16. The molecule has 0 bridgehead atoms. The van der Waals surface area contributed by atoms with E-state index >= 15 is 0 Å². The van der Waals surface area contributed by atoms with Gasteiger partial charge in [0, 0.05) is 22.9 Å². The van der Waals surface area contributed by atoms with E-state index in [1.807, 2.05) is 18.0 Å². The van der Waals surface area contributed by atoms with E-state index in [9.17, 15) is 8.42 Å². The zero-order valence-electron chi connectivity index (χ0n) is 16.3. The lowest BCUT2D eigenvalue weighted by Crippen LogP contribution is -2.34. The van der Waals surface area contributed by atoms with E-state index in [1.54, 1.807) is 28.9 Å². The Morgan fingerprint density at radius 1 is 1.03 bits per heavy atom. The Labute approximate surface area is 175 Å². The molecule has 1 fully saturated rings. The lowest BCUT2D eigenvalue weighted by atomic mass is 10.1. The molecule has 1 saturated heterocycles. The van der Waals surface area contributed by atoms with Crippen molar-refractivity contribution in [2.24, 2.45) is 0 Å². The molecule has 2 aromatic carbocycles. The monoisotopic (exact) mass is 428 g/mol. The molecule has 1 aliphatic rings. The molecular formula is C21H24N4O2S2. The van der Waals surface area contributed by atoms with E-state index < -0.39 is 9.84 Å². The van der Waals surface area contributed by atoms with Crippen LogP contribution in [0.5, 0.6) is 0 Å². The van der Waals surface area contributed by atoms with E-state index in [1.165, 1.54) is 24.0 Å². The van der Waals surface area contributed by atoms with Gasteiger partial charge in [0.1, 0.15) is 0 Å². The summed E-state index contributed by atoms with van der Waals surface area (Å²) < 4.78 is 24.9. The van der Waals surface area contributed by atoms with Crippen molar-refractivity contribution in [3.63, 3.8) is 0 Å². The van der Waals surface area contributed by atoms with Crippen LogP contribution in [0.25, 0.3) is 5.69 Å². The summed E-state index contributed by atoms with van der Waals surface area (Å²) in [6, 6.07) is 17.3. The molecule has 3 aromatic rings. The van der Waals surface area contributed by atoms with Gasteiger partial charge in [0.2, 0.25) is 0 Å². The van der Waals surface area contributed by atoms with Crippen molar-refractivity contribution < 1.29 is 8.42 Å². The molecule has 1 aromatic heterocycles. The summed E-state index contributed by atoms with van der Waals surface area (Å²) in [4.78, 5) is 4.07. The van der Waals surface area contributed by atoms with Crippen molar-refractivity contribution in [3.8, 4) is 5.69 Å². The summed E-state index contributed by atoms with van der Waals surface area (Å²) in [7, 11) is -3.19.